The summed E-state index contributed by atoms with van der Waals surface area (Å²) in [6, 6.07) is 6.72. The molecule has 0 fully saturated rings. The highest BCUT2D eigenvalue weighted by molar-refractivity contribution is 5.52. The molecule has 0 spiro atoms. The van der Waals surface area contributed by atoms with Crippen LogP contribution in [-0.4, -0.2) is 0 Å². The third-order valence-corrected chi connectivity index (χ3v) is 2.45. The van der Waals surface area contributed by atoms with Crippen molar-refractivity contribution in [3.63, 3.8) is 0 Å². The molecule has 1 aromatic carbocycles. The molecule has 0 heterocycles. The Morgan fingerprint density at radius 2 is 1.88 bits per heavy atom. The molecule has 90 valence electrons. The number of hydrogen-bond donors (Lipinski definition) is 0. The summed E-state index contributed by atoms with van der Waals surface area (Å²) in [5, 5.41) is 0. The quantitative estimate of drug-likeness (QED) is 0.658. The molecule has 0 atom stereocenters. The number of hydrogen-bond acceptors (Lipinski definition) is 0. The fourth-order valence-electron chi connectivity index (χ4n) is 1.76. The van der Waals surface area contributed by atoms with E-state index in [1.54, 1.807) is 0 Å². The second-order valence-corrected chi connectivity index (χ2v) is 4.19. The van der Waals surface area contributed by atoms with Crippen LogP contribution in [0, 0.1) is 5.92 Å². The lowest BCUT2D eigenvalue weighted by molar-refractivity contribution is 0.647. The Morgan fingerprint density at radius 3 is 2.31 bits per heavy atom. The van der Waals surface area contributed by atoms with E-state index in [4.69, 9.17) is 0 Å². The van der Waals surface area contributed by atoms with Crippen molar-refractivity contribution >= 4 is 6.08 Å². The van der Waals surface area contributed by atoms with E-state index in [0.717, 1.165) is 12.3 Å². The van der Waals surface area contributed by atoms with E-state index < -0.39 is 0 Å². The van der Waals surface area contributed by atoms with Crippen molar-refractivity contribution in [2.75, 3.05) is 0 Å². The summed E-state index contributed by atoms with van der Waals surface area (Å²) < 4.78 is 0. The highest BCUT2D eigenvalue weighted by Gasteiger charge is 2.01. The minimum Gasteiger partial charge on any atom is -0.0985 e. The predicted molar refractivity (Wildman–Crippen MR) is 75.8 cm³/mol. The summed E-state index contributed by atoms with van der Waals surface area (Å²) in [6.07, 6.45) is 4.20. The van der Waals surface area contributed by atoms with Crippen LogP contribution in [0.25, 0.3) is 6.08 Å². The van der Waals surface area contributed by atoms with Crippen LogP contribution in [0.4, 0.5) is 0 Å². The molecule has 0 N–H and O–H groups in total. The average Bonchev–Trinajstić information content (AvgIpc) is 2.30. The SMILES string of the molecule is C=Cc1ccc(CC(C)C)cc1CC.CC. The topological polar surface area (TPSA) is 0 Å². The maximum absolute atomic E-state index is 3.83. The van der Waals surface area contributed by atoms with Crippen molar-refractivity contribution in [3.05, 3.63) is 41.5 Å². The van der Waals surface area contributed by atoms with Gasteiger partial charge < -0.3 is 0 Å². The molecule has 0 amide bonds. The average molecular weight is 218 g/mol. The molecule has 0 saturated carbocycles. The minimum atomic E-state index is 0.731. The summed E-state index contributed by atoms with van der Waals surface area (Å²) in [7, 11) is 0. The van der Waals surface area contributed by atoms with Crippen molar-refractivity contribution < 1.29 is 0 Å². The zero-order valence-electron chi connectivity index (χ0n) is 11.5. The monoisotopic (exact) mass is 218 g/mol. The van der Waals surface area contributed by atoms with Gasteiger partial charge in [-0.25, -0.2) is 0 Å². The molecule has 0 aliphatic rings. The number of benzene rings is 1. The molecule has 0 unspecified atom stereocenters. The van der Waals surface area contributed by atoms with Crippen LogP contribution in [0.15, 0.2) is 24.8 Å². The molecule has 0 nitrogen and oxygen atoms in total. The van der Waals surface area contributed by atoms with E-state index in [1.807, 2.05) is 19.9 Å². The normalized spacial score (nSPS) is 9.62. The first-order chi connectivity index (χ1) is 7.67. The molecule has 16 heavy (non-hydrogen) atoms. The Hall–Kier alpha value is -1.04. The summed E-state index contributed by atoms with van der Waals surface area (Å²) in [4.78, 5) is 0. The van der Waals surface area contributed by atoms with E-state index in [-0.39, 0.29) is 0 Å². The molecule has 0 heteroatoms. The molecular weight excluding hydrogens is 192 g/mol. The maximum atomic E-state index is 3.83. The molecule has 1 aromatic rings. The van der Waals surface area contributed by atoms with Crippen LogP contribution in [0.3, 0.4) is 0 Å². The van der Waals surface area contributed by atoms with Gasteiger partial charge in [-0.1, -0.05) is 65.5 Å². The zero-order valence-corrected chi connectivity index (χ0v) is 11.5. The molecule has 1 rings (SSSR count). The lowest BCUT2D eigenvalue weighted by Gasteiger charge is -2.09. The van der Waals surface area contributed by atoms with E-state index in [0.29, 0.717) is 0 Å². The first-order valence-corrected chi connectivity index (χ1v) is 6.41. The molecule has 0 aliphatic heterocycles. The Morgan fingerprint density at radius 1 is 1.25 bits per heavy atom. The Bertz CT molecular complexity index is 308. The Balaban J connectivity index is 0.00000106. The second-order valence-electron chi connectivity index (χ2n) is 4.19. The molecule has 0 radical (unpaired) electrons. The highest BCUT2D eigenvalue weighted by Crippen LogP contribution is 2.16. The summed E-state index contributed by atoms with van der Waals surface area (Å²) in [6.45, 7) is 14.5. The fourth-order valence-corrected chi connectivity index (χ4v) is 1.76. The van der Waals surface area contributed by atoms with Gasteiger partial charge in [0.25, 0.3) is 0 Å². The van der Waals surface area contributed by atoms with E-state index in [1.165, 1.54) is 23.1 Å². The van der Waals surface area contributed by atoms with Crippen molar-refractivity contribution in [1.29, 1.82) is 0 Å². The molecule has 0 bridgehead atoms. The van der Waals surface area contributed by atoms with E-state index >= 15 is 0 Å². The largest absolute Gasteiger partial charge is 0.0985 e. The van der Waals surface area contributed by atoms with Gasteiger partial charge in [-0.15, -0.1) is 0 Å². The molecule has 0 saturated heterocycles. The molecular formula is C16H26. The van der Waals surface area contributed by atoms with Gasteiger partial charge in [-0.2, -0.15) is 0 Å². The van der Waals surface area contributed by atoms with E-state index in [2.05, 4.69) is 45.5 Å². The van der Waals surface area contributed by atoms with Crippen molar-refractivity contribution in [1.82, 2.24) is 0 Å². The zero-order chi connectivity index (χ0) is 12.6. The van der Waals surface area contributed by atoms with Gasteiger partial charge in [-0.05, 0) is 35.4 Å². The van der Waals surface area contributed by atoms with Crippen LogP contribution in [0.5, 0.6) is 0 Å². The maximum Gasteiger partial charge on any atom is -0.0230 e. The van der Waals surface area contributed by atoms with Gasteiger partial charge in [0.2, 0.25) is 0 Å². The lowest BCUT2D eigenvalue weighted by atomic mass is 9.97. The van der Waals surface area contributed by atoms with Crippen LogP contribution in [-0.2, 0) is 12.8 Å². The Labute approximate surface area is 101 Å². The van der Waals surface area contributed by atoms with Gasteiger partial charge in [0.05, 0.1) is 0 Å². The minimum absolute atomic E-state index is 0.731. The van der Waals surface area contributed by atoms with Gasteiger partial charge in [0.15, 0.2) is 0 Å². The van der Waals surface area contributed by atoms with Crippen LogP contribution in [0.2, 0.25) is 0 Å². The summed E-state index contributed by atoms with van der Waals surface area (Å²) in [5.74, 6) is 0.731. The van der Waals surface area contributed by atoms with Gasteiger partial charge >= 0.3 is 0 Å². The first-order valence-electron chi connectivity index (χ1n) is 6.41. The van der Waals surface area contributed by atoms with Gasteiger partial charge in [-0.3, -0.25) is 0 Å². The van der Waals surface area contributed by atoms with Crippen LogP contribution >= 0.6 is 0 Å². The predicted octanol–water partition coefficient (Wildman–Crippen LogP) is 5.12. The van der Waals surface area contributed by atoms with Crippen LogP contribution < -0.4 is 0 Å². The fraction of sp³-hybridized carbons (Fsp3) is 0.500. The number of aryl methyl sites for hydroxylation is 1. The first kappa shape index (κ1) is 15.0. The summed E-state index contributed by atoms with van der Waals surface area (Å²) >= 11 is 0. The molecule has 0 aliphatic carbocycles. The van der Waals surface area contributed by atoms with Crippen molar-refractivity contribution in [3.8, 4) is 0 Å². The van der Waals surface area contributed by atoms with Crippen molar-refractivity contribution in [2.45, 2.75) is 47.5 Å². The lowest BCUT2D eigenvalue weighted by Crippen LogP contribution is -1.96. The third kappa shape index (κ3) is 4.65. The van der Waals surface area contributed by atoms with E-state index in [9.17, 15) is 0 Å². The highest BCUT2D eigenvalue weighted by atomic mass is 14.1. The smallest absolute Gasteiger partial charge is 0.0230 e. The standard InChI is InChI=1S/C14H20.C2H6/c1-5-13-8-7-12(9-11(3)4)10-14(13)6-2;1-2/h5,7-8,10-11H,1,6,9H2,2-4H3;1-2H3. The van der Waals surface area contributed by atoms with Crippen molar-refractivity contribution in [2.24, 2.45) is 5.92 Å². The Kier molecular flexibility index (Phi) is 7.62. The van der Waals surface area contributed by atoms with Gasteiger partial charge in [0.1, 0.15) is 0 Å². The molecule has 0 aromatic heterocycles. The third-order valence-electron chi connectivity index (χ3n) is 2.45. The summed E-state index contributed by atoms with van der Waals surface area (Å²) in [5.41, 5.74) is 4.14. The second kappa shape index (κ2) is 8.15. The number of rotatable bonds is 4. The van der Waals surface area contributed by atoms with Gasteiger partial charge in [0, 0.05) is 0 Å². The van der Waals surface area contributed by atoms with Crippen LogP contribution in [0.1, 0.15) is 51.3 Å².